The number of hydrogen-bond acceptors (Lipinski definition) is 5. The molecule has 0 fully saturated rings. The van der Waals surface area contributed by atoms with Gasteiger partial charge in [-0.3, -0.25) is 4.40 Å². The molecule has 36 heavy (non-hydrogen) atoms. The molecule has 0 radical (unpaired) electrons. The second-order valence-electron chi connectivity index (χ2n) is 9.40. The molecule has 0 aliphatic heterocycles. The van der Waals surface area contributed by atoms with Crippen molar-refractivity contribution in [3.05, 3.63) is 89.3 Å². The third-order valence-electron chi connectivity index (χ3n) is 6.39. The minimum atomic E-state index is 0.664. The number of nitrogens with one attached hydrogen (secondary N) is 2. The fourth-order valence-corrected chi connectivity index (χ4v) is 4.67. The zero-order valence-electron chi connectivity index (χ0n) is 20.9. The van der Waals surface area contributed by atoms with Crippen molar-refractivity contribution < 1.29 is 0 Å². The summed E-state index contributed by atoms with van der Waals surface area (Å²) in [4.78, 5) is 11.5. The highest BCUT2D eigenvalue weighted by Crippen LogP contribution is 2.32. The Morgan fingerprint density at radius 2 is 1.78 bits per heavy atom. The van der Waals surface area contributed by atoms with Gasteiger partial charge >= 0.3 is 0 Å². The maximum Gasteiger partial charge on any atom is 0.157 e. The number of anilines is 2. The van der Waals surface area contributed by atoms with Crippen LogP contribution < -0.4 is 10.6 Å². The molecule has 0 amide bonds. The third-order valence-corrected chi connectivity index (χ3v) is 6.70. The second-order valence-corrected chi connectivity index (χ2v) is 9.81. The number of rotatable bonds is 9. The summed E-state index contributed by atoms with van der Waals surface area (Å²) < 4.78 is 2.08. The molecule has 5 aromatic rings. The lowest BCUT2D eigenvalue weighted by Gasteiger charge is -2.14. The van der Waals surface area contributed by atoms with Crippen LogP contribution in [0.3, 0.4) is 0 Å². The van der Waals surface area contributed by atoms with Gasteiger partial charge in [0.15, 0.2) is 5.82 Å². The van der Waals surface area contributed by atoms with E-state index in [0.29, 0.717) is 5.02 Å². The second kappa shape index (κ2) is 10.7. The molecule has 0 spiro atoms. The number of hydrogen-bond donors (Lipinski definition) is 2. The van der Waals surface area contributed by atoms with Crippen LogP contribution in [-0.4, -0.2) is 46.5 Å². The lowest BCUT2D eigenvalue weighted by Crippen LogP contribution is -2.20. The summed E-state index contributed by atoms with van der Waals surface area (Å²) in [6, 6.07) is 21.0. The van der Waals surface area contributed by atoms with Gasteiger partial charge in [-0.2, -0.15) is 0 Å². The van der Waals surface area contributed by atoms with Crippen LogP contribution in [0.4, 0.5) is 11.5 Å². The number of imidazole rings is 1. The van der Waals surface area contributed by atoms with Crippen molar-refractivity contribution in [1.29, 1.82) is 0 Å². The predicted octanol–water partition coefficient (Wildman–Crippen LogP) is 6.30. The largest absolute Gasteiger partial charge is 0.337 e. The molecule has 0 saturated carbocycles. The molecular formula is C29H31ClN6. The Hall–Kier alpha value is -3.45. The SMILES string of the molecule is Cc1cccc(Cl)c1Nc1nc2ccc(-c3ccc(CNCCCN(C)C)cc3)cc2n2cncc12. The summed E-state index contributed by atoms with van der Waals surface area (Å²) in [5.41, 5.74) is 8.32. The molecule has 2 N–H and O–H groups in total. The molecule has 0 bridgehead atoms. The number of fused-ring (bicyclic) bond motifs is 3. The molecule has 5 rings (SSSR count). The van der Waals surface area contributed by atoms with Gasteiger partial charge in [0.05, 0.1) is 34.3 Å². The predicted molar refractivity (Wildman–Crippen MR) is 150 cm³/mol. The number of aromatic nitrogens is 3. The summed E-state index contributed by atoms with van der Waals surface area (Å²) in [5.74, 6) is 0.728. The summed E-state index contributed by atoms with van der Waals surface area (Å²) in [7, 11) is 4.22. The quantitative estimate of drug-likeness (QED) is 0.234. The Balaban J connectivity index is 1.39. The maximum atomic E-state index is 6.46. The van der Waals surface area contributed by atoms with Gasteiger partial charge < -0.3 is 15.5 Å². The van der Waals surface area contributed by atoms with Crippen LogP contribution >= 0.6 is 11.6 Å². The minimum Gasteiger partial charge on any atom is -0.337 e. The van der Waals surface area contributed by atoms with Gasteiger partial charge in [-0.1, -0.05) is 54.1 Å². The minimum absolute atomic E-state index is 0.664. The van der Waals surface area contributed by atoms with Crippen LogP contribution in [0.1, 0.15) is 17.5 Å². The van der Waals surface area contributed by atoms with E-state index < -0.39 is 0 Å². The van der Waals surface area contributed by atoms with Gasteiger partial charge in [0, 0.05) is 6.54 Å². The van der Waals surface area contributed by atoms with Crippen LogP contribution in [0.2, 0.25) is 5.02 Å². The Morgan fingerprint density at radius 1 is 0.972 bits per heavy atom. The molecule has 184 valence electrons. The number of benzene rings is 3. The van der Waals surface area contributed by atoms with E-state index in [1.165, 1.54) is 11.1 Å². The van der Waals surface area contributed by atoms with Gasteiger partial charge in [0.25, 0.3) is 0 Å². The Kier molecular flexibility index (Phi) is 7.18. The van der Waals surface area contributed by atoms with Crippen molar-refractivity contribution in [3.63, 3.8) is 0 Å². The standard InChI is InChI=1S/C29H31ClN6/c1-20-6-4-7-24(30)28(20)34-29-27-18-32-19-36(27)26-16-23(12-13-25(26)33-29)22-10-8-21(9-11-22)17-31-14-5-15-35(2)3/h4,6-13,16,18-19,31H,5,14-15,17H2,1-3H3,(H,33,34). The molecule has 3 aromatic carbocycles. The average Bonchev–Trinajstić information content (AvgIpc) is 3.37. The van der Waals surface area contributed by atoms with Crippen molar-refractivity contribution in [3.8, 4) is 11.1 Å². The lowest BCUT2D eigenvalue weighted by molar-refractivity contribution is 0.394. The first kappa shape index (κ1) is 24.3. The average molecular weight is 499 g/mol. The van der Waals surface area contributed by atoms with Crippen LogP contribution in [-0.2, 0) is 6.54 Å². The van der Waals surface area contributed by atoms with Crippen molar-refractivity contribution in [1.82, 2.24) is 24.6 Å². The van der Waals surface area contributed by atoms with E-state index in [4.69, 9.17) is 16.6 Å². The van der Waals surface area contributed by atoms with Gasteiger partial charge in [-0.15, -0.1) is 0 Å². The van der Waals surface area contributed by atoms with E-state index in [0.717, 1.165) is 65.2 Å². The van der Waals surface area contributed by atoms with Crippen LogP contribution in [0.15, 0.2) is 73.2 Å². The number of para-hydroxylation sites is 1. The monoisotopic (exact) mass is 498 g/mol. The van der Waals surface area contributed by atoms with Gasteiger partial charge in [0.2, 0.25) is 0 Å². The van der Waals surface area contributed by atoms with E-state index in [1.807, 2.05) is 37.6 Å². The number of aryl methyl sites for hydroxylation is 1. The molecule has 0 aliphatic carbocycles. The Morgan fingerprint density at radius 3 is 2.56 bits per heavy atom. The first-order valence-corrected chi connectivity index (χ1v) is 12.6. The van der Waals surface area contributed by atoms with E-state index in [-0.39, 0.29) is 0 Å². The first-order valence-electron chi connectivity index (χ1n) is 12.2. The topological polar surface area (TPSA) is 57.5 Å². The van der Waals surface area contributed by atoms with Crippen molar-refractivity contribution in [2.24, 2.45) is 0 Å². The van der Waals surface area contributed by atoms with Crippen molar-refractivity contribution >= 4 is 39.7 Å². The molecule has 0 atom stereocenters. The zero-order chi connectivity index (χ0) is 25.1. The molecule has 2 aromatic heterocycles. The van der Waals surface area contributed by atoms with Crippen LogP contribution in [0.5, 0.6) is 0 Å². The van der Waals surface area contributed by atoms with Crippen molar-refractivity contribution in [2.75, 3.05) is 32.5 Å². The van der Waals surface area contributed by atoms with Crippen LogP contribution in [0, 0.1) is 6.92 Å². The summed E-state index contributed by atoms with van der Waals surface area (Å²) in [6.07, 6.45) is 4.81. The van der Waals surface area contributed by atoms with Gasteiger partial charge in [0.1, 0.15) is 5.52 Å². The zero-order valence-corrected chi connectivity index (χ0v) is 21.7. The fourth-order valence-electron chi connectivity index (χ4n) is 4.40. The summed E-state index contributed by atoms with van der Waals surface area (Å²) in [5, 5.41) is 7.62. The lowest BCUT2D eigenvalue weighted by atomic mass is 10.0. The molecule has 0 aliphatic rings. The summed E-state index contributed by atoms with van der Waals surface area (Å²) in [6.45, 7) is 5.03. The smallest absolute Gasteiger partial charge is 0.157 e. The van der Waals surface area contributed by atoms with Gasteiger partial charge in [-0.05, 0) is 81.0 Å². The van der Waals surface area contributed by atoms with Gasteiger partial charge in [-0.25, -0.2) is 9.97 Å². The fraction of sp³-hybridized carbons (Fsp3) is 0.241. The van der Waals surface area contributed by atoms with E-state index in [1.54, 1.807) is 0 Å². The third kappa shape index (κ3) is 5.21. The first-order chi connectivity index (χ1) is 17.5. The molecule has 0 saturated heterocycles. The Labute approximate surface area is 217 Å². The van der Waals surface area contributed by atoms with E-state index in [9.17, 15) is 0 Å². The maximum absolute atomic E-state index is 6.46. The highest BCUT2D eigenvalue weighted by molar-refractivity contribution is 6.33. The highest BCUT2D eigenvalue weighted by Gasteiger charge is 2.13. The van der Waals surface area contributed by atoms with Crippen molar-refractivity contribution in [2.45, 2.75) is 19.9 Å². The molecule has 0 unspecified atom stereocenters. The molecular weight excluding hydrogens is 468 g/mol. The number of halogens is 1. The van der Waals surface area contributed by atoms with Crippen LogP contribution in [0.25, 0.3) is 27.7 Å². The highest BCUT2D eigenvalue weighted by atomic mass is 35.5. The normalized spacial score (nSPS) is 11.6. The molecule has 6 nitrogen and oxygen atoms in total. The van der Waals surface area contributed by atoms with E-state index >= 15 is 0 Å². The number of nitrogens with zero attached hydrogens (tertiary/aromatic N) is 4. The summed E-state index contributed by atoms with van der Waals surface area (Å²) >= 11 is 6.46. The Bertz CT molecular complexity index is 1470. The molecule has 7 heteroatoms. The molecule has 2 heterocycles. The van der Waals surface area contributed by atoms with E-state index in [2.05, 4.69) is 81.5 Å².